The van der Waals surface area contributed by atoms with Gasteiger partial charge in [-0.2, -0.15) is 0 Å². The molecule has 0 aromatic rings. The van der Waals surface area contributed by atoms with Crippen molar-refractivity contribution >= 4 is 12.1 Å². The van der Waals surface area contributed by atoms with Crippen LogP contribution in [0.5, 0.6) is 0 Å². The van der Waals surface area contributed by atoms with Gasteiger partial charge < -0.3 is 24.3 Å². The predicted octanol–water partition coefficient (Wildman–Crippen LogP) is 1.66. The molecule has 128 valence electrons. The Hall–Kier alpha value is -1.60. The number of alkyl carbamates (subject to hydrolysis) is 1. The molecule has 0 rings (SSSR count). The highest BCUT2D eigenvalue weighted by atomic mass is 16.6. The van der Waals surface area contributed by atoms with Gasteiger partial charge in [0.05, 0.1) is 19.8 Å². The Morgan fingerprint density at radius 2 is 1.68 bits per heavy atom. The topological polar surface area (TPSA) is 83.1 Å². The zero-order chi connectivity index (χ0) is 16.6. The fraction of sp³-hybridized carbons (Fsp3) is 0.733. The van der Waals surface area contributed by atoms with Crippen LogP contribution in [0.2, 0.25) is 0 Å². The van der Waals surface area contributed by atoms with Gasteiger partial charge in [-0.15, -0.1) is 0 Å². The minimum Gasteiger partial charge on any atom is -0.461 e. The van der Waals surface area contributed by atoms with E-state index in [1.807, 2.05) is 13.8 Å². The molecule has 1 amide bonds. The SMILES string of the molecule is C=CC(=O)OCCNC(=O)OC(COCCC)COCCC. The van der Waals surface area contributed by atoms with E-state index in [1.165, 1.54) is 0 Å². The number of hydrogen-bond donors (Lipinski definition) is 1. The van der Waals surface area contributed by atoms with Crippen molar-refractivity contribution in [2.24, 2.45) is 0 Å². The molecule has 0 heterocycles. The van der Waals surface area contributed by atoms with Crippen molar-refractivity contribution in [1.82, 2.24) is 5.32 Å². The molecular formula is C15H27NO6. The number of ether oxygens (including phenoxy) is 4. The molecule has 22 heavy (non-hydrogen) atoms. The third-order valence-corrected chi connectivity index (χ3v) is 2.36. The van der Waals surface area contributed by atoms with E-state index in [0.717, 1.165) is 18.9 Å². The van der Waals surface area contributed by atoms with Crippen molar-refractivity contribution < 1.29 is 28.5 Å². The smallest absolute Gasteiger partial charge is 0.407 e. The third-order valence-electron chi connectivity index (χ3n) is 2.36. The molecule has 7 nitrogen and oxygen atoms in total. The molecule has 0 aromatic carbocycles. The van der Waals surface area contributed by atoms with Crippen molar-refractivity contribution in [3.63, 3.8) is 0 Å². The highest BCUT2D eigenvalue weighted by Gasteiger charge is 2.15. The second kappa shape index (κ2) is 14.3. The van der Waals surface area contributed by atoms with E-state index in [4.69, 9.17) is 18.9 Å². The van der Waals surface area contributed by atoms with E-state index in [9.17, 15) is 9.59 Å². The van der Waals surface area contributed by atoms with Gasteiger partial charge in [-0.3, -0.25) is 0 Å². The monoisotopic (exact) mass is 317 g/mol. The van der Waals surface area contributed by atoms with Crippen LogP contribution in [0.1, 0.15) is 26.7 Å². The second-order valence-corrected chi connectivity index (χ2v) is 4.48. The zero-order valence-corrected chi connectivity index (χ0v) is 13.5. The molecular weight excluding hydrogens is 290 g/mol. The minimum absolute atomic E-state index is 0.0588. The van der Waals surface area contributed by atoms with Gasteiger partial charge in [-0.05, 0) is 12.8 Å². The summed E-state index contributed by atoms with van der Waals surface area (Å²) in [4.78, 5) is 22.4. The van der Waals surface area contributed by atoms with Gasteiger partial charge in [0, 0.05) is 19.3 Å². The molecule has 0 spiro atoms. The van der Waals surface area contributed by atoms with Gasteiger partial charge >= 0.3 is 12.1 Å². The number of nitrogens with one attached hydrogen (secondary N) is 1. The summed E-state index contributed by atoms with van der Waals surface area (Å²) in [6.45, 7) is 9.28. The Kier molecular flexibility index (Phi) is 13.3. The summed E-state index contributed by atoms with van der Waals surface area (Å²) >= 11 is 0. The molecule has 0 fully saturated rings. The average Bonchev–Trinajstić information content (AvgIpc) is 2.51. The van der Waals surface area contributed by atoms with Crippen LogP contribution in [0.3, 0.4) is 0 Å². The Morgan fingerprint density at radius 1 is 1.09 bits per heavy atom. The molecule has 0 aliphatic heterocycles. The van der Waals surface area contributed by atoms with Gasteiger partial charge in [-0.1, -0.05) is 20.4 Å². The van der Waals surface area contributed by atoms with E-state index >= 15 is 0 Å². The summed E-state index contributed by atoms with van der Waals surface area (Å²) in [7, 11) is 0. The highest BCUT2D eigenvalue weighted by molar-refractivity contribution is 5.81. The van der Waals surface area contributed by atoms with Crippen LogP contribution in [0.25, 0.3) is 0 Å². The largest absolute Gasteiger partial charge is 0.461 e. The average molecular weight is 317 g/mol. The van der Waals surface area contributed by atoms with Crippen LogP contribution in [-0.4, -0.2) is 57.7 Å². The van der Waals surface area contributed by atoms with Crippen LogP contribution in [-0.2, 0) is 23.7 Å². The summed E-state index contributed by atoms with van der Waals surface area (Å²) in [5.41, 5.74) is 0. The lowest BCUT2D eigenvalue weighted by atomic mass is 10.4. The molecule has 7 heteroatoms. The molecule has 1 N–H and O–H groups in total. The van der Waals surface area contributed by atoms with Crippen LogP contribution in [0.4, 0.5) is 4.79 Å². The molecule has 0 atom stereocenters. The van der Waals surface area contributed by atoms with Crippen LogP contribution >= 0.6 is 0 Å². The van der Waals surface area contributed by atoms with E-state index in [-0.39, 0.29) is 26.4 Å². The minimum atomic E-state index is -0.597. The van der Waals surface area contributed by atoms with Crippen LogP contribution in [0.15, 0.2) is 12.7 Å². The van der Waals surface area contributed by atoms with Gasteiger partial charge in [-0.25, -0.2) is 9.59 Å². The van der Waals surface area contributed by atoms with Gasteiger partial charge in [0.2, 0.25) is 0 Å². The summed E-state index contributed by atoms with van der Waals surface area (Å²) in [5.74, 6) is -0.533. The molecule has 0 aromatic heterocycles. The summed E-state index contributed by atoms with van der Waals surface area (Å²) in [6, 6.07) is 0. The Labute approximate surface area is 131 Å². The number of rotatable bonds is 13. The number of carbonyl (C=O) groups excluding carboxylic acids is 2. The first-order valence-corrected chi connectivity index (χ1v) is 7.53. The Morgan fingerprint density at radius 3 is 2.18 bits per heavy atom. The summed E-state index contributed by atoms with van der Waals surface area (Å²) in [6.07, 6.45) is 1.78. The predicted molar refractivity (Wildman–Crippen MR) is 81.6 cm³/mol. The first-order valence-electron chi connectivity index (χ1n) is 7.53. The molecule has 0 saturated heterocycles. The standard InChI is InChI=1S/C15H27NO6/c1-4-8-19-11-13(12-20-9-5-2)22-15(18)16-7-10-21-14(17)6-3/h6,13H,3-5,7-12H2,1-2H3,(H,16,18). The summed E-state index contributed by atoms with van der Waals surface area (Å²) < 4.78 is 20.7. The van der Waals surface area contributed by atoms with E-state index in [2.05, 4.69) is 11.9 Å². The Balaban J connectivity index is 3.95. The fourth-order valence-electron chi connectivity index (χ4n) is 1.39. The zero-order valence-electron chi connectivity index (χ0n) is 13.5. The maximum absolute atomic E-state index is 11.6. The molecule has 0 aliphatic rings. The lowest BCUT2D eigenvalue weighted by Crippen LogP contribution is -2.35. The lowest BCUT2D eigenvalue weighted by Gasteiger charge is -2.18. The number of carbonyl (C=O) groups is 2. The van der Waals surface area contributed by atoms with Crippen molar-refractivity contribution in [3.8, 4) is 0 Å². The molecule has 0 unspecified atom stereocenters. The highest BCUT2D eigenvalue weighted by Crippen LogP contribution is 1.98. The molecule has 0 bridgehead atoms. The quantitative estimate of drug-likeness (QED) is 0.316. The number of amides is 1. The van der Waals surface area contributed by atoms with E-state index in [0.29, 0.717) is 13.2 Å². The number of esters is 1. The van der Waals surface area contributed by atoms with Gasteiger partial charge in [0.15, 0.2) is 6.10 Å². The van der Waals surface area contributed by atoms with Crippen molar-refractivity contribution in [1.29, 1.82) is 0 Å². The molecule has 0 saturated carbocycles. The second-order valence-electron chi connectivity index (χ2n) is 4.48. The van der Waals surface area contributed by atoms with E-state index < -0.39 is 18.2 Å². The normalized spacial score (nSPS) is 10.3. The van der Waals surface area contributed by atoms with Gasteiger partial charge in [0.25, 0.3) is 0 Å². The fourth-order valence-corrected chi connectivity index (χ4v) is 1.39. The van der Waals surface area contributed by atoms with E-state index in [1.54, 1.807) is 0 Å². The van der Waals surface area contributed by atoms with Gasteiger partial charge in [0.1, 0.15) is 6.61 Å². The molecule has 0 radical (unpaired) electrons. The molecule has 0 aliphatic carbocycles. The first-order chi connectivity index (χ1) is 10.6. The van der Waals surface area contributed by atoms with Crippen molar-refractivity contribution in [2.75, 3.05) is 39.6 Å². The van der Waals surface area contributed by atoms with Crippen LogP contribution < -0.4 is 5.32 Å². The lowest BCUT2D eigenvalue weighted by molar-refractivity contribution is -0.137. The summed E-state index contributed by atoms with van der Waals surface area (Å²) in [5, 5.41) is 2.49. The first kappa shape index (κ1) is 20.4. The third kappa shape index (κ3) is 12.2. The van der Waals surface area contributed by atoms with Crippen molar-refractivity contribution in [3.05, 3.63) is 12.7 Å². The maximum atomic E-state index is 11.6. The Bertz CT molecular complexity index is 311. The van der Waals surface area contributed by atoms with Crippen LogP contribution in [0, 0.1) is 0 Å². The number of hydrogen-bond acceptors (Lipinski definition) is 6. The van der Waals surface area contributed by atoms with Crippen molar-refractivity contribution in [2.45, 2.75) is 32.8 Å². The maximum Gasteiger partial charge on any atom is 0.407 e.